The molecule has 0 bridgehead atoms. The molecule has 4 nitrogen and oxygen atoms in total. The number of alkyl halides is 1. The standard InChI is InChI=1S/C13H23IO4/c1-5-6-7-11(15)17-10(9-14)8-12(16)18-13(2,3)4/h10H,5-9H2,1-4H3. The van der Waals surface area contributed by atoms with Gasteiger partial charge >= 0.3 is 11.9 Å². The molecule has 0 saturated carbocycles. The smallest absolute Gasteiger partial charge is 0.310 e. The van der Waals surface area contributed by atoms with Crippen LogP contribution in [0.4, 0.5) is 0 Å². The quantitative estimate of drug-likeness (QED) is 0.392. The SMILES string of the molecule is CCCCC(=O)OC(CI)CC(=O)OC(C)(C)C. The van der Waals surface area contributed by atoms with Crippen LogP contribution < -0.4 is 0 Å². The first kappa shape index (κ1) is 17.7. The van der Waals surface area contributed by atoms with Gasteiger partial charge in [-0.2, -0.15) is 0 Å². The van der Waals surface area contributed by atoms with Crippen LogP contribution in [0, 0.1) is 0 Å². The second-order valence-corrected chi connectivity index (χ2v) is 6.04. The largest absolute Gasteiger partial charge is 0.461 e. The van der Waals surface area contributed by atoms with E-state index in [0.717, 1.165) is 12.8 Å². The molecule has 0 spiro atoms. The zero-order valence-corrected chi connectivity index (χ0v) is 13.8. The van der Waals surface area contributed by atoms with E-state index in [1.54, 1.807) is 0 Å². The van der Waals surface area contributed by atoms with E-state index in [1.807, 2.05) is 27.7 Å². The maximum atomic E-state index is 11.6. The van der Waals surface area contributed by atoms with E-state index in [0.29, 0.717) is 10.8 Å². The number of esters is 2. The second-order valence-electron chi connectivity index (χ2n) is 5.16. The Balaban J connectivity index is 4.10. The van der Waals surface area contributed by atoms with E-state index in [9.17, 15) is 9.59 Å². The highest BCUT2D eigenvalue weighted by Crippen LogP contribution is 2.12. The zero-order valence-electron chi connectivity index (χ0n) is 11.6. The second kappa shape index (κ2) is 8.72. The number of unbranched alkanes of at least 4 members (excludes halogenated alkanes) is 1. The molecule has 5 heteroatoms. The minimum atomic E-state index is -0.501. The van der Waals surface area contributed by atoms with Crippen LogP contribution in [0.5, 0.6) is 0 Å². The maximum Gasteiger partial charge on any atom is 0.310 e. The Hall–Kier alpha value is -0.330. The summed E-state index contributed by atoms with van der Waals surface area (Å²) in [4.78, 5) is 23.1. The molecule has 0 aliphatic heterocycles. The third-order valence-corrected chi connectivity index (χ3v) is 3.00. The van der Waals surface area contributed by atoms with Crippen LogP contribution in [0.15, 0.2) is 0 Å². The minimum absolute atomic E-state index is 0.123. The average molecular weight is 370 g/mol. The molecule has 0 aromatic heterocycles. The van der Waals surface area contributed by atoms with Gasteiger partial charge in [-0.25, -0.2) is 0 Å². The predicted molar refractivity (Wildman–Crippen MR) is 78.8 cm³/mol. The van der Waals surface area contributed by atoms with Gasteiger partial charge in [-0.3, -0.25) is 9.59 Å². The summed E-state index contributed by atoms with van der Waals surface area (Å²) in [6, 6.07) is 0. The first-order valence-corrected chi connectivity index (χ1v) is 7.78. The first-order chi connectivity index (χ1) is 8.28. The Labute approximate surface area is 123 Å². The lowest BCUT2D eigenvalue weighted by molar-refractivity contribution is -0.160. The van der Waals surface area contributed by atoms with Gasteiger partial charge < -0.3 is 9.47 Å². The maximum absolute atomic E-state index is 11.6. The van der Waals surface area contributed by atoms with Gasteiger partial charge in [0.15, 0.2) is 0 Å². The van der Waals surface area contributed by atoms with Gasteiger partial charge in [0.25, 0.3) is 0 Å². The van der Waals surface area contributed by atoms with Gasteiger partial charge in [0, 0.05) is 10.8 Å². The van der Waals surface area contributed by atoms with Crippen LogP contribution in [0.3, 0.4) is 0 Å². The van der Waals surface area contributed by atoms with E-state index in [4.69, 9.17) is 9.47 Å². The van der Waals surface area contributed by atoms with Gasteiger partial charge in [-0.15, -0.1) is 0 Å². The van der Waals surface area contributed by atoms with Crippen molar-refractivity contribution in [3.05, 3.63) is 0 Å². The topological polar surface area (TPSA) is 52.6 Å². The molecule has 0 aliphatic carbocycles. The molecule has 106 valence electrons. The third kappa shape index (κ3) is 9.67. The van der Waals surface area contributed by atoms with Crippen molar-refractivity contribution in [1.29, 1.82) is 0 Å². The van der Waals surface area contributed by atoms with Crippen molar-refractivity contribution in [3.8, 4) is 0 Å². The Morgan fingerprint density at radius 1 is 1.22 bits per heavy atom. The molecule has 0 saturated heterocycles. The number of hydrogen-bond acceptors (Lipinski definition) is 4. The van der Waals surface area contributed by atoms with Gasteiger partial charge in [0.1, 0.15) is 11.7 Å². The summed E-state index contributed by atoms with van der Waals surface area (Å²) in [6.07, 6.45) is 1.93. The van der Waals surface area contributed by atoms with E-state index in [2.05, 4.69) is 22.6 Å². The predicted octanol–water partition coefficient (Wildman–Crippen LogP) is 3.26. The van der Waals surface area contributed by atoms with Crippen LogP contribution in [0.2, 0.25) is 0 Å². The van der Waals surface area contributed by atoms with Crippen molar-refractivity contribution in [2.75, 3.05) is 4.43 Å². The summed E-state index contributed by atoms with van der Waals surface area (Å²) in [7, 11) is 0. The average Bonchev–Trinajstić information content (AvgIpc) is 2.22. The van der Waals surface area contributed by atoms with E-state index < -0.39 is 5.60 Å². The van der Waals surface area contributed by atoms with E-state index in [-0.39, 0.29) is 24.5 Å². The Morgan fingerprint density at radius 3 is 2.28 bits per heavy atom. The molecule has 0 rings (SSSR count). The normalized spacial score (nSPS) is 12.9. The molecule has 0 amide bonds. The molecule has 0 aromatic rings. The number of rotatable bonds is 7. The minimum Gasteiger partial charge on any atom is -0.461 e. The van der Waals surface area contributed by atoms with Crippen molar-refractivity contribution in [2.45, 2.75) is 65.1 Å². The summed E-state index contributed by atoms with van der Waals surface area (Å²) in [5, 5.41) is 0. The van der Waals surface area contributed by atoms with Crippen LogP contribution in [0.1, 0.15) is 53.4 Å². The monoisotopic (exact) mass is 370 g/mol. The van der Waals surface area contributed by atoms with Crippen molar-refractivity contribution in [2.24, 2.45) is 0 Å². The van der Waals surface area contributed by atoms with E-state index in [1.165, 1.54) is 0 Å². The first-order valence-electron chi connectivity index (χ1n) is 6.25. The van der Waals surface area contributed by atoms with Crippen molar-refractivity contribution in [3.63, 3.8) is 0 Å². The molecule has 0 N–H and O–H groups in total. The summed E-state index contributed by atoms with van der Waals surface area (Å²) < 4.78 is 11.0. The lowest BCUT2D eigenvalue weighted by atomic mass is 10.2. The van der Waals surface area contributed by atoms with Gasteiger partial charge in [-0.05, 0) is 27.2 Å². The zero-order chi connectivity index (χ0) is 14.2. The number of carbonyl (C=O) groups is 2. The lowest BCUT2D eigenvalue weighted by Crippen LogP contribution is -2.29. The molecular weight excluding hydrogens is 347 g/mol. The van der Waals surface area contributed by atoms with Crippen LogP contribution >= 0.6 is 22.6 Å². The van der Waals surface area contributed by atoms with Crippen molar-refractivity contribution < 1.29 is 19.1 Å². The molecule has 1 atom stereocenters. The van der Waals surface area contributed by atoms with Crippen molar-refractivity contribution in [1.82, 2.24) is 0 Å². The molecule has 18 heavy (non-hydrogen) atoms. The van der Waals surface area contributed by atoms with Crippen LogP contribution in [-0.4, -0.2) is 28.1 Å². The van der Waals surface area contributed by atoms with Gasteiger partial charge in [0.2, 0.25) is 0 Å². The molecule has 0 aliphatic rings. The summed E-state index contributed by atoms with van der Waals surface area (Å²) in [5.41, 5.74) is -0.501. The van der Waals surface area contributed by atoms with Crippen LogP contribution in [0.25, 0.3) is 0 Å². The fraction of sp³-hybridized carbons (Fsp3) is 0.846. The van der Waals surface area contributed by atoms with Crippen molar-refractivity contribution >= 4 is 34.5 Å². The Kier molecular flexibility index (Phi) is 8.56. The number of ether oxygens (including phenoxy) is 2. The summed E-state index contributed by atoms with van der Waals surface area (Å²) >= 11 is 2.11. The van der Waals surface area contributed by atoms with E-state index >= 15 is 0 Å². The number of halogens is 1. The molecule has 1 unspecified atom stereocenters. The fourth-order valence-corrected chi connectivity index (χ4v) is 1.75. The highest BCUT2D eigenvalue weighted by Gasteiger charge is 2.22. The Bertz CT molecular complexity index is 271. The molecule has 0 aromatic carbocycles. The molecular formula is C13H23IO4. The fourth-order valence-electron chi connectivity index (χ4n) is 1.26. The molecule has 0 heterocycles. The highest BCUT2D eigenvalue weighted by molar-refractivity contribution is 14.1. The van der Waals surface area contributed by atoms with Crippen LogP contribution in [-0.2, 0) is 19.1 Å². The van der Waals surface area contributed by atoms with Gasteiger partial charge in [-0.1, -0.05) is 35.9 Å². The lowest BCUT2D eigenvalue weighted by Gasteiger charge is -2.21. The summed E-state index contributed by atoms with van der Waals surface area (Å²) in [6.45, 7) is 7.47. The summed E-state index contributed by atoms with van der Waals surface area (Å²) in [5.74, 6) is -0.561. The number of hydrogen-bond donors (Lipinski definition) is 0. The highest BCUT2D eigenvalue weighted by atomic mass is 127. The Morgan fingerprint density at radius 2 is 1.83 bits per heavy atom. The molecule has 0 radical (unpaired) electrons. The third-order valence-electron chi connectivity index (χ3n) is 2.02. The van der Waals surface area contributed by atoms with Gasteiger partial charge in [0.05, 0.1) is 6.42 Å². The number of carbonyl (C=O) groups excluding carboxylic acids is 2. The molecule has 0 fully saturated rings.